The Labute approximate surface area is 115 Å². The standard InChI is InChI=1S/C13H16BrN3O/c1-8-6-9(4-5-11(8)18-3)13-12(14)10(7-15-2)16-17-13/h4-6,15H,7H2,1-3H3,(H,16,17). The van der Waals surface area contributed by atoms with Gasteiger partial charge in [-0.05, 0) is 53.7 Å². The molecule has 0 spiro atoms. The monoisotopic (exact) mass is 309 g/mol. The van der Waals surface area contributed by atoms with Crippen molar-refractivity contribution < 1.29 is 4.74 Å². The van der Waals surface area contributed by atoms with Crippen LogP contribution in [-0.4, -0.2) is 24.4 Å². The Balaban J connectivity index is 2.39. The Morgan fingerprint density at radius 1 is 1.44 bits per heavy atom. The normalized spacial score (nSPS) is 10.7. The maximum absolute atomic E-state index is 5.26. The van der Waals surface area contributed by atoms with E-state index >= 15 is 0 Å². The van der Waals surface area contributed by atoms with Gasteiger partial charge < -0.3 is 10.1 Å². The molecule has 0 fully saturated rings. The van der Waals surface area contributed by atoms with E-state index in [0.29, 0.717) is 0 Å². The predicted octanol–water partition coefficient (Wildman–Crippen LogP) is 2.88. The molecule has 0 aliphatic carbocycles. The van der Waals surface area contributed by atoms with Crippen molar-refractivity contribution in [2.75, 3.05) is 14.2 Å². The first-order valence-corrected chi connectivity index (χ1v) is 6.49. The highest BCUT2D eigenvalue weighted by atomic mass is 79.9. The van der Waals surface area contributed by atoms with Crippen molar-refractivity contribution in [3.8, 4) is 17.0 Å². The van der Waals surface area contributed by atoms with E-state index in [0.717, 1.165) is 39.3 Å². The Bertz CT molecular complexity index is 551. The second-order valence-corrected chi connectivity index (χ2v) is 4.87. The molecule has 0 aliphatic heterocycles. The summed E-state index contributed by atoms with van der Waals surface area (Å²) in [5.74, 6) is 0.890. The summed E-state index contributed by atoms with van der Waals surface area (Å²) in [6, 6.07) is 6.04. The molecule has 0 unspecified atom stereocenters. The van der Waals surface area contributed by atoms with Crippen molar-refractivity contribution in [3.05, 3.63) is 33.9 Å². The lowest BCUT2D eigenvalue weighted by Gasteiger charge is -2.06. The smallest absolute Gasteiger partial charge is 0.121 e. The molecular formula is C13H16BrN3O. The van der Waals surface area contributed by atoms with Crippen LogP contribution >= 0.6 is 15.9 Å². The minimum absolute atomic E-state index is 0.753. The van der Waals surface area contributed by atoms with Crippen molar-refractivity contribution in [2.45, 2.75) is 13.5 Å². The Hall–Kier alpha value is -1.33. The molecule has 0 saturated heterocycles. The van der Waals surface area contributed by atoms with Gasteiger partial charge in [0, 0.05) is 12.1 Å². The molecular weight excluding hydrogens is 294 g/mol. The number of hydrogen-bond acceptors (Lipinski definition) is 3. The van der Waals surface area contributed by atoms with Gasteiger partial charge in [-0.1, -0.05) is 0 Å². The summed E-state index contributed by atoms with van der Waals surface area (Å²) in [7, 11) is 3.59. The fourth-order valence-electron chi connectivity index (χ4n) is 1.88. The molecule has 1 heterocycles. The van der Waals surface area contributed by atoms with E-state index in [1.807, 2.05) is 26.1 Å². The molecule has 96 valence electrons. The Morgan fingerprint density at radius 2 is 2.22 bits per heavy atom. The second kappa shape index (κ2) is 5.54. The number of hydrogen-bond donors (Lipinski definition) is 2. The van der Waals surface area contributed by atoms with Gasteiger partial charge in [0.15, 0.2) is 0 Å². The van der Waals surface area contributed by atoms with Gasteiger partial charge in [-0.2, -0.15) is 5.10 Å². The lowest BCUT2D eigenvalue weighted by atomic mass is 10.1. The maximum atomic E-state index is 5.26. The van der Waals surface area contributed by atoms with Crippen LogP contribution in [-0.2, 0) is 6.54 Å². The van der Waals surface area contributed by atoms with Crippen LogP contribution in [0.1, 0.15) is 11.3 Å². The number of methoxy groups -OCH3 is 1. The van der Waals surface area contributed by atoms with Crippen molar-refractivity contribution in [2.24, 2.45) is 0 Å². The van der Waals surface area contributed by atoms with E-state index < -0.39 is 0 Å². The Morgan fingerprint density at radius 3 is 2.83 bits per heavy atom. The summed E-state index contributed by atoms with van der Waals surface area (Å²) in [5, 5.41) is 10.5. The van der Waals surface area contributed by atoms with Gasteiger partial charge in [0.2, 0.25) is 0 Å². The zero-order valence-corrected chi connectivity index (χ0v) is 12.3. The van der Waals surface area contributed by atoms with Gasteiger partial charge in [-0.25, -0.2) is 0 Å². The summed E-state index contributed by atoms with van der Waals surface area (Å²) in [6.45, 7) is 2.78. The average molecular weight is 310 g/mol. The first-order valence-electron chi connectivity index (χ1n) is 5.69. The minimum atomic E-state index is 0.753. The number of nitrogens with one attached hydrogen (secondary N) is 2. The van der Waals surface area contributed by atoms with E-state index in [4.69, 9.17) is 4.74 Å². The summed E-state index contributed by atoms with van der Waals surface area (Å²) in [5.41, 5.74) is 4.13. The van der Waals surface area contributed by atoms with Gasteiger partial charge in [-0.15, -0.1) is 0 Å². The first kappa shape index (κ1) is 13.1. The quantitative estimate of drug-likeness (QED) is 0.913. The topological polar surface area (TPSA) is 49.9 Å². The highest BCUT2D eigenvalue weighted by Gasteiger charge is 2.12. The van der Waals surface area contributed by atoms with E-state index in [2.05, 4.69) is 37.5 Å². The molecule has 2 aromatic rings. The second-order valence-electron chi connectivity index (χ2n) is 4.08. The number of ether oxygens (including phenoxy) is 1. The average Bonchev–Trinajstić information content (AvgIpc) is 2.72. The van der Waals surface area contributed by atoms with Crippen molar-refractivity contribution in [1.82, 2.24) is 15.5 Å². The van der Waals surface area contributed by atoms with Gasteiger partial charge >= 0.3 is 0 Å². The largest absolute Gasteiger partial charge is 0.496 e. The number of nitrogens with zero attached hydrogens (tertiary/aromatic N) is 1. The fraction of sp³-hybridized carbons (Fsp3) is 0.308. The van der Waals surface area contributed by atoms with Crippen LogP contribution in [0.3, 0.4) is 0 Å². The molecule has 2 rings (SSSR count). The lowest BCUT2D eigenvalue weighted by molar-refractivity contribution is 0.412. The summed E-state index contributed by atoms with van der Waals surface area (Å²) < 4.78 is 6.26. The lowest BCUT2D eigenvalue weighted by Crippen LogP contribution is -2.05. The first-order chi connectivity index (χ1) is 8.67. The molecule has 5 heteroatoms. The molecule has 1 aromatic heterocycles. The molecule has 0 saturated carbocycles. The van der Waals surface area contributed by atoms with Crippen molar-refractivity contribution >= 4 is 15.9 Å². The van der Waals surface area contributed by atoms with E-state index in [-0.39, 0.29) is 0 Å². The number of halogens is 1. The number of H-pyrrole nitrogens is 1. The summed E-state index contributed by atoms with van der Waals surface area (Å²) >= 11 is 3.58. The van der Waals surface area contributed by atoms with Crippen molar-refractivity contribution in [1.29, 1.82) is 0 Å². The van der Waals surface area contributed by atoms with Crippen LogP contribution in [0.5, 0.6) is 5.75 Å². The van der Waals surface area contributed by atoms with Gasteiger partial charge in [0.05, 0.1) is 17.3 Å². The molecule has 0 atom stereocenters. The van der Waals surface area contributed by atoms with Crippen LogP contribution in [0, 0.1) is 6.92 Å². The van der Waals surface area contributed by atoms with Crippen LogP contribution in [0.2, 0.25) is 0 Å². The minimum Gasteiger partial charge on any atom is -0.496 e. The number of rotatable bonds is 4. The molecule has 0 radical (unpaired) electrons. The number of aryl methyl sites for hydroxylation is 1. The van der Waals surface area contributed by atoms with Crippen molar-refractivity contribution in [3.63, 3.8) is 0 Å². The number of aromatic nitrogens is 2. The molecule has 1 aromatic carbocycles. The van der Waals surface area contributed by atoms with Gasteiger partial charge in [0.25, 0.3) is 0 Å². The third-order valence-electron chi connectivity index (χ3n) is 2.80. The third kappa shape index (κ3) is 2.42. The van der Waals surface area contributed by atoms with Crippen LogP contribution in [0.15, 0.2) is 22.7 Å². The van der Waals surface area contributed by atoms with Crippen LogP contribution in [0.25, 0.3) is 11.3 Å². The predicted molar refractivity (Wildman–Crippen MR) is 75.8 cm³/mol. The van der Waals surface area contributed by atoms with Crippen LogP contribution < -0.4 is 10.1 Å². The van der Waals surface area contributed by atoms with E-state index in [1.165, 1.54) is 0 Å². The molecule has 0 amide bonds. The highest BCUT2D eigenvalue weighted by molar-refractivity contribution is 9.10. The Kier molecular flexibility index (Phi) is 4.04. The zero-order valence-electron chi connectivity index (χ0n) is 10.7. The molecule has 0 bridgehead atoms. The molecule has 0 aliphatic rings. The summed E-state index contributed by atoms with van der Waals surface area (Å²) in [4.78, 5) is 0. The van der Waals surface area contributed by atoms with E-state index in [1.54, 1.807) is 7.11 Å². The fourth-order valence-corrected chi connectivity index (χ4v) is 2.42. The number of aromatic amines is 1. The number of benzene rings is 1. The summed E-state index contributed by atoms with van der Waals surface area (Å²) in [6.07, 6.45) is 0. The zero-order chi connectivity index (χ0) is 13.1. The molecule has 4 nitrogen and oxygen atoms in total. The highest BCUT2D eigenvalue weighted by Crippen LogP contribution is 2.31. The van der Waals surface area contributed by atoms with Crippen LogP contribution in [0.4, 0.5) is 0 Å². The van der Waals surface area contributed by atoms with Gasteiger partial charge in [-0.3, -0.25) is 5.10 Å². The molecule has 18 heavy (non-hydrogen) atoms. The maximum Gasteiger partial charge on any atom is 0.121 e. The SMILES string of the molecule is CNCc1[nH]nc(-c2ccc(OC)c(C)c2)c1Br. The van der Waals surface area contributed by atoms with E-state index in [9.17, 15) is 0 Å². The molecule has 2 N–H and O–H groups in total. The van der Waals surface area contributed by atoms with Gasteiger partial charge in [0.1, 0.15) is 11.4 Å². The third-order valence-corrected chi connectivity index (χ3v) is 3.65.